The Hall–Kier alpha value is -1.58. The van der Waals surface area contributed by atoms with E-state index < -0.39 is 6.67 Å². The number of hydrogen-bond donors (Lipinski definition) is 1. The number of nitrogens with one attached hydrogen (secondary N) is 1. The van der Waals surface area contributed by atoms with Crippen LogP contribution in [0, 0.1) is 0 Å². The third kappa shape index (κ3) is 1.24. The molecule has 0 spiro atoms. The Morgan fingerprint density at radius 1 is 1.46 bits per heavy atom. The zero-order valence-corrected chi connectivity index (χ0v) is 6.96. The lowest BCUT2D eigenvalue weighted by molar-refractivity contribution is 0.441. The second kappa shape index (κ2) is 3.05. The van der Waals surface area contributed by atoms with Crippen LogP contribution in [-0.4, -0.2) is 16.2 Å². The fourth-order valence-electron chi connectivity index (χ4n) is 1.35. The van der Waals surface area contributed by atoms with E-state index in [1.165, 1.54) is 4.57 Å². The van der Waals surface area contributed by atoms with Gasteiger partial charge in [0.2, 0.25) is 0 Å². The van der Waals surface area contributed by atoms with Gasteiger partial charge in [-0.2, -0.15) is 0 Å². The predicted octanol–water partition coefficient (Wildman–Crippen LogP) is 1.30. The van der Waals surface area contributed by atoms with Gasteiger partial charge in [-0.25, -0.2) is 4.39 Å². The summed E-state index contributed by atoms with van der Waals surface area (Å²) in [5, 5.41) is 0.861. The molecule has 3 nitrogen and oxygen atoms in total. The van der Waals surface area contributed by atoms with Crippen molar-refractivity contribution in [2.75, 3.05) is 6.67 Å². The second-order valence-electron chi connectivity index (χ2n) is 2.81. The maximum absolute atomic E-state index is 12.0. The molecule has 13 heavy (non-hydrogen) atoms. The van der Waals surface area contributed by atoms with E-state index in [1.807, 2.05) is 6.07 Å². The summed E-state index contributed by atoms with van der Waals surface area (Å²) in [6.45, 7) is -0.403. The molecule has 0 saturated heterocycles. The molecule has 0 bridgehead atoms. The van der Waals surface area contributed by atoms with E-state index in [1.54, 1.807) is 18.5 Å². The van der Waals surface area contributed by atoms with Crippen molar-refractivity contribution < 1.29 is 4.39 Å². The van der Waals surface area contributed by atoms with Gasteiger partial charge in [0.05, 0.1) is 6.54 Å². The summed E-state index contributed by atoms with van der Waals surface area (Å²) in [6.07, 6.45) is 3.31. The number of aromatic nitrogens is 2. The van der Waals surface area contributed by atoms with Gasteiger partial charge < -0.3 is 9.55 Å². The molecule has 1 N–H and O–H groups in total. The molecule has 0 radical (unpaired) electrons. The van der Waals surface area contributed by atoms with Crippen molar-refractivity contribution in [1.82, 2.24) is 9.55 Å². The van der Waals surface area contributed by atoms with Crippen LogP contribution >= 0.6 is 0 Å². The molecule has 0 aromatic carbocycles. The summed E-state index contributed by atoms with van der Waals surface area (Å²) < 4.78 is 13.4. The number of alkyl halides is 1. The van der Waals surface area contributed by atoms with Crippen molar-refractivity contribution in [2.24, 2.45) is 0 Å². The van der Waals surface area contributed by atoms with Crippen molar-refractivity contribution in [1.29, 1.82) is 0 Å². The number of nitrogens with zero attached hydrogens (tertiary/aromatic N) is 1. The molecule has 2 aromatic rings. The van der Waals surface area contributed by atoms with Gasteiger partial charge >= 0.3 is 0 Å². The van der Waals surface area contributed by atoms with Crippen LogP contribution in [0.5, 0.6) is 0 Å². The highest BCUT2D eigenvalue weighted by Crippen LogP contribution is 2.05. The molecule has 4 heteroatoms. The molecular weight excluding hydrogens is 171 g/mol. The standard InChI is InChI=1S/C9H9FN2O/c10-3-6-12-5-2-7-1-4-11-8(7)9(12)13/h1-2,4-5,11H,3,6H2. The SMILES string of the molecule is O=c1c2[nH]ccc2ccn1CCF. The van der Waals surface area contributed by atoms with Gasteiger partial charge in [0.15, 0.2) is 0 Å². The van der Waals surface area contributed by atoms with Crippen LogP contribution in [0.25, 0.3) is 10.9 Å². The molecule has 0 aliphatic rings. The van der Waals surface area contributed by atoms with Crippen LogP contribution in [-0.2, 0) is 6.54 Å². The van der Waals surface area contributed by atoms with Crippen LogP contribution in [0.3, 0.4) is 0 Å². The molecule has 2 aromatic heterocycles. The van der Waals surface area contributed by atoms with Gasteiger partial charge in [0.1, 0.15) is 12.2 Å². The van der Waals surface area contributed by atoms with Gasteiger partial charge in [0.25, 0.3) is 5.56 Å². The van der Waals surface area contributed by atoms with Gasteiger partial charge in [-0.3, -0.25) is 4.79 Å². The number of pyridine rings is 1. The predicted molar refractivity (Wildman–Crippen MR) is 48.5 cm³/mol. The van der Waals surface area contributed by atoms with E-state index in [9.17, 15) is 9.18 Å². The smallest absolute Gasteiger partial charge is 0.274 e. The van der Waals surface area contributed by atoms with E-state index in [0.717, 1.165) is 5.39 Å². The molecular formula is C9H9FN2O. The van der Waals surface area contributed by atoms with Crippen molar-refractivity contribution in [3.8, 4) is 0 Å². The minimum atomic E-state index is -0.522. The van der Waals surface area contributed by atoms with Crippen LogP contribution in [0.2, 0.25) is 0 Å². The fourth-order valence-corrected chi connectivity index (χ4v) is 1.35. The zero-order chi connectivity index (χ0) is 9.26. The summed E-state index contributed by atoms with van der Waals surface area (Å²) in [6, 6.07) is 3.61. The maximum Gasteiger partial charge on any atom is 0.274 e. The average molecular weight is 180 g/mol. The first-order valence-corrected chi connectivity index (χ1v) is 4.05. The Bertz CT molecular complexity index is 472. The summed E-state index contributed by atoms with van der Waals surface area (Å²) in [5.74, 6) is 0. The maximum atomic E-state index is 12.0. The van der Waals surface area contributed by atoms with Crippen molar-refractivity contribution in [3.05, 3.63) is 34.9 Å². The number of rotatable bonds is 2. The van der Waals surface area contributed by atoms with E-state index in [-0.39, 0.29) is 12.1 Å². The lowest BCUT2D eigenvalue weighted by atomic mass is 10.3. The molecule has 2 heterocycles. The Labute approximate surface area is 73.8 Å². The lowest BCUT2D eigenvalue weighted by Gasteiger charge is -2.00. The average Bonchev–Trinajstić information content (AvgIpc) is 2.58. The molecule has 2 rings (SSSR count). The van der Waals surface area contributed by atoms with Gasteiger partial charge in [0, 0.05) is 17.8 Å². The molecule has 0 amide bonds. The summed E-state index contributed by atoms with van der Waals surface area (Å²) in [7, 11) is 0. The van der Waals surface area contributed by atoms with E-state index in [4.69, 9.17) is 0 Å². The normalized spacial score (nSPS) is 10.8. The zero-order valence-electron chi connectivity index (χ0n) is 6.96. The largest absolute Gasteiger partial charge is 0.357 e. The van der Waals surface area contributed by atoms with Crippen LogP contribution in [0.4, 0.5) is 4.39 Å². The number of hydrogen-bond acceptors (Lipinski definition) is 1. The molecule has 68 valence electrons. The monoisotopic (exact) mass is 180 g/mol. The first-order valence-electron chi connectivity index (χ1n) is 4.05. The fraction of sp³-hybridized carbons (Fsp3) is 0.222. The highest BCUT2D eigenvalue weighted by molar-refractivity contribution is 5.77. The first kappa shape index (κ1) is 8.04. The van der Waals surface area contributed by atoms with E-state index in [0.29, 0.717) is 5.52 Å². The van der Waals surface area contributed by atoms with Crippen LogP contribution in [0.1, 0.15) is 0 Å². The van der Waals surface area contributed by atoms with Gasteiger partial charge in [-0.15, -0.1) is 0 Å². The Kier molecular flexibility index (Phi) is 1.88. The summed E-state index contributed by atoms with van der Waals surface area (Å²) >= 11 is 0. The Balaban J connectivity index is 2.67. The topological polar surface area (TPSA) is 37.8 Å². The lowest BCUT2D eigenvalue weighted by Crippen LogP contribution is -2.20. The summed E-state index contributed by atoms with van der Waals surface area (Å²) in [4.78, 5) is 14.4. The minimum Gasteiger partial charge on any atom is -0.357 e. The number of aromatic amines is 1. The third-order valence-electron chi connectivity index (χ3n) is 2.01. The second-order valence-corrected chi connectivity index (χ2v) is 2.81. The third-order valence-corrected chi connectivity index (χ3v) is 2.01. The highest BCUT2D eigenvalue weighted by atomic mass is 19.1. The molecule has 0 saturated carbocycles. The molecule has 0 aliphatic heterocycles. The number of fused-ring (bicyclic) bond motifs is 1. The van der Waals surface area contributed by atoms with Crippen LogP contribution < -0.4 is 5.56 Å². The number of halogens is 1. The van der Waals surface area contributed by atoms with Gasteiger partial charge in [-0.1, -0.05) is 0 Å². The quantitative estimate of drug-likeness (QED) is 0.743. The van der Waals surface area contributed by atoms with Crippen molar-refractivity contribution in [2.45, 2.75) is 6.54 Å². The Morgan fingerprint density at radius 2 is 2.31 bits per heavy atom. The Morgan fingerprint density at radius 3 is 3.08 bits per heavy atom. The highest BCUT2D eigenvalue weighted by Gasteiger charge is 2.01. The van der Waals surface area contributed by atoms with E-state index in [2.05, 4.69) is 4.98 Å². The van der Waals surface area contributed by atoms with Gasteiger partial charge in [-0.05, 0) is 12.1 Å². The minimum absolute atomic E-state index is 0.119. The van der Waals surface area contributed by atoms with E-state index >= 15 is 0 Å². The first-order chi connectivity index (χ1) is 6.33. The van der Waals surface area contributed by atoms with Crippen molar-refractivity contribution in [3.63, 3.8) is 0 Å². The number of H-pyrrole nitrogens is 1. The molecule has 0 aliphatic carbocycles. The molecule has 0 fully saturated rings. The van der Waals surface area contributed by atoms with Crippen LogP contribution in [0.15, 0.2) is 29.3 Å². The number of aryl methyl sites for hydroxylation is 1. The molecule has 0 unspecified atom stereocenters. The van der Waals surface area contributed by atoms with Crippen molar-refractivity contribution >= 4 is 10.9 Å². The molecule has 0 atom stereocenters. The summed E-state index contributed by atoms with van der Waals surface area (Å²) in [5.41, 5.74) is 0.371.